The number of amides is 1. The molecule has 1 amide bonds. The van der Waals surface area contributed by atoms with E-state index in [2.05, 4.69) is 27.2 Å². The molecular formula is C26H32F3N7O2. The minimum Gasteiger partial charge on any atom is -0.380 e. The van der Waals surface area contributed by atoms with Crippen LogP contribution >= 0.6 is 0 Å². The van der Waals surface area contributed by atoms with E-state index in [0.29, 0.717) is 50.2 Å². The van der Waals surface area contributed by atoms with Gasteiger partial charge in [0.05, 0.1) is 32.2 Å². The number of halogens is 3. The molecule has 0 aliphatic carbocycles. The minimum atomic E-state index is -1.49. The van der Waals surface area contributed by atoms with Crippen molar-refractivity contribution in [1.29, 1.82) is 0 Å². The number of fused-ring (bicyclic) bond motifs is 1. The van der Waals surface area contributed by atoms with E-state index in [-0.39, 0.29) is 36.9 Å². The van der Waals surface area contributed by atoms with Gasteiger partial charge in [0.1, 0.15) is 11.7 Å². The largest absolute Gasteiger partial charge is 0.380 e. The minimum absolute atomic E-state index is 0. The third-order valence-corrected chi connectivity index (χ3v) is 6.74. The van der Waals surface area contributed by atoms with Gasteiger partial charge in [-0.3, -0.25) is 9.48 Å². The molecule has 1 N–H and O–H groups in total. The molecule has 2 aliphatic heterocycles. The van der Waals surface area contributed by atoms with Gasteiger partial charge in [-0.15, -0.1) is 0 Å². The first-order valence-electron chi connectivity index (χ1n) is 12.0. The van der Waals surface area contributed by atoms with Crippen molar-refractivity contribution < 1.29 is 22.7 Å². The summed E-state index contributed by atoms with van der Waals surface area (Å²) in [5, 5.41) is 7.40. The molecule has 5 rings (SSSR count). The van der Waals surface area contributed by atoms with Crippen molar-refractivity contribution in [3.05, 3.63) is 59.3 Å². The van der Waals surface area contributed by atoms with Gasteiger partial charge >= 0.3 is 0 Å². The number of nitrogens with one attached hydrogen (secondary N) is 1. The second-order valence-corrected chi connectivity index (χ2v) is 9.93. The van der Waals surface area contributed by atoms with Crippen molar-refractivity contribution in [2.45, 2.75) is 46.8 Å². The van der Waals surface area contributed by atoms with Crippen LogP contribution in [0.5, 0.6) is 0 Å². The molecule has 3 aromatic rings. The van der Waals surface area contributed by atoms with E-state index in [1.54, 1.807) is 30.5 Å². The number of hydrogen-bond acceptors (Lipinski definition) is 7. The Morgan fingerprint density at radius 2 is 1.87 bits per heavy atom. The van der Waals surface area contributed by atoms with Crippen LogP contribution in [0.3, 0.4) is 0 Å². The number of benzene rings is 1. The summed E-state index contributed by atoms with van der Waals surface area (Å²) in [6.07, 6.45) is 5.62. The van der Waals surface area contributed by atoms with Crippen molar-refractivity contribution in [1.82, 2.24) is 19.7 Å². The highest BCUT2D eigenvalue weighted by molar-refractivity contribution is 6.04. The normalized spacial score (nSPS) is 18.1. The zero-order valence-corrected chi connectivity index (χ0v) is 20.8. The smallest absolute Gasteiger partial charge is 0.249 e. The number of carbonyl (C=O) groups is 1. The summed E-state index contributed by atoms with van der Waals surface area (Å²) in [6.45, 7) is 6.47. The van der Waals surface area contributed by atoms with Crippen LogP contribution in [-0.2, 0) is 22.6 Å². The summed E-state index contributed by atoms with van der Waals surface area (Å²) < 4.78 is 47.2. The average Bonchev–Trinajstić information content (AvgIpc) is 3.30. The number of rotatable bonds is 8. The number of nitrogens with zero attached hydrogens (tertiary/aromatic N) is 6. The van der Waals surface area contributed by atoms with Gasteiger partial charge in [-0.05, 0) is 24.1 Å². The molecule has 0 bridgehead atoms. The first-order chi connectivity index (χ1) is 17.7. The van der Waals surface area contributed by atoms with Gasteiger partial charge in [-0.2, -0.15) is 10.1 Å². The molecule has 0 unspecified atom stereocenters. The fourth-order valence-corrected chi connectivity index (χ4v) is 4.71. The second-order valence-electron chi connectivity index (χ2n) is 9.93. The van der Waals surface area contributed by atoms with Gasteiger partial charge in [0.25, 0.3) is 0 Å². The van der Waals surface area contributed by atoms with Crippen molar-refractivity contribution in [2.24, 2.45) is 5.41 Å². The van der Waals surface area contributed by atoms with Crippen molar-refractivity contribution in [2.75, 3.05) is 41.9 Å². The Hall–Kier alpha value is -3.67. The quantitative estimate of drug-likeness (QED) is 0.440. The Morgan fingerprint density at radius 1 is 1.16 bits per heavy atom. The molecule has 2 aliphatic rings. The van der Waals surface area contributed by atoms with Gasteiger partial charge in [0.15, 0.2) is 23.3 Å². The van der Waals surface area contributed by atoms with E-state index >= 15 is 0 Å². The average molecular weight is 532 g/mol. The van der Waals surface area contributed by atoms with Crippen molar-refractivity contribution >= 4 is 23.4 Å². The lowest BCUT2D eigenvalue weighted by molar-refractivity contribution is -0.121. The molecule has 2 aromatic heterocycles. The molecule has 0 saturated carbocycles. The summed E-state index contributed by atoms with van der Waals surface area (Å²) >= 11 is 0. The Labute approximate surface area is 219 Å². The summed E-state index contributed by atoms with van der Waals surface area (Å²) in [5.74, 6) is -2.87. The van der Waals surface area contributed by atoms with E-state index < -0.39 is 17.5 Å². The molecule has 204 valence electrons. The molecule has 12 heteroatoms. The predicted molar refractivity (Wildman–Crippen MR) is 137 cm³/mol. The molecule has 0 spiro atoms. The number of likely N-dealkylation sites (N-methyl/N-ethyl adjacent to an activating group) is 1. The van der Waals surface area contributed by atoms with Gasteiger partial charge in [0, 0.05) is 37.3 Å². The molecule has 0 radical (unpaired) electrons. The number of anilines is 3. The second kappa shape index (κ2) is 10.6. The van der Waals surface area contributed by atoms with Crippen molar-refractivity contribution in [3.63, 3.8) is 0 Å². The molecule has 4 heterocycles. The zero-order valence-electron chi connectivity index (χ0n) is 20.8. The molecular weight excluding hydrogens is 499 g/mol. The maximum absolute atomic E-state index is 13.5. The van der Waals surface area contributed by atoms with E-state index in [9.17, 15) is 18.0 Å². The van der Waals surface area contributed by atoms with Crippen molar-refractivity contribution in [3.8, 4) is 0 Å². The predicted octanol–water partition coefficient (Wildman–Crippen LogP) is 3.98. The number of carbonyl (C=O) groups excluding carboxylic acids is 1. The van der Waals surface area contributed by atoms with E-state index in [0.717, 1.165) is 17.7 Å². The SMILES string of the molecule is C.CC[C@H]1C(=O)N(C)c2cnc(NCc3cnn(Cc4cc(F)c(F)c(F)c4)c3)nc2N1CC1(C)COC1. The van der Waals surface area contributed by atoms with E-state index in [4.69, 9.17) is 9.72 Å². The number of hydrogen-bond donors (Lipinski definition) is 1. The Kier molecular flexibility index (Phi) is 7.63. The van der Waals surface area contributed by atoms with Crippen LogP contribution in [0.1, 0.15) is 38.8 Å². The molecule has 38 heavy (non-hydrogen) atoms. The standard InChI is InChI=1S/C25H28F3N7O2.CH4/c1-4-19-23(36)33(3)20-9-30-24(32-22(20)35(19)12-25(2)13-37-14-25)29-7-16-8-31-34(11-16)10-15-5-17(26)21(28)18(27)6-15;/h5-6,8-9,11,19H,4,7,10,12-14H2,1-3H3,(H,29,30,32);1H4/t19-;/m0./s1. The molecule has 1 atom stereocenters. The Balaban J connectivity index is 0.00000336. The first-order valence-corrected chi connectivity index (χ1v) is 12.0. The monoisotopic (exact) mass is 531 g/mol. The zero-order chi connectivity index (χ0) is 26.3. The van der Waals surface area contributed by atoms with Crippen LogP contribution in [0.25, 0.3) is 0 Å². The fraction of sp³-hybridized carbons (Fsp3) is 0.462. The lowest BCUT2D eigenvalue weighted by atomic mass is 9.87. The molecule has 9 nitrogen and oxygen atoms in total. The maximum atomic E-state index is 13.5. The van der Waals surface area contributed by atoms with Gasteiger partial charge in [-0.25, -0.2) is 18.2 Å². The van der Waals surface area contributed by atoms with E-state index in [1.165, 1.54) is 4.68 Å². The highest BCUT2D eigenvalue weighted by atomic mass is 19.2. The number of ether oxygens (including phenoxy) is 1. The van der Waals surface area contributed by atoms with Gasteiger partial charge in [0.2, 0.25) is 11.9 Å². The van der Waals surface area contributed by atoms with Crippen LogP contribution in [0.15, 0.2) is 30.7 Å². The van der Waals surface area contributed by atoms with Crippen LogP contribution in [0.4, 0.5) is 30.6 Å². The maximum Gasteiger partial charge on any atom is 0.249 e. The highest BCUT2D eigenvalue weighted by Crippen LogP contribution is 2.38. The molecule has 1 aromatic carbocycles. The van der Waals surface area contributed by atoms with Crippen LogP contribution in [0, 0.1) is 22.9 Å². The summed E-state index contributed by atoms with van der Waals surface area (Å²) in [4.78, 5) is 25.8. The lowest BCUT2D eigenvalue weighted by Crippen LogP contribution is -2.58. The lowest BCUT2D eigenvalue weighted by Gasteiger charge is -2.47. The molecule has 1 fully saturated rings. The molecule has 1 saturated heterocycles. The fourth-order valence-electron chi connectivity index (χ4n) is 4.71. The van der Waals surface area contributed by atoms with Crippen LogP contribution < -0.4 is 15.1 Å². The summed E-state index contributed by atoms with van der Waals surface area (Å²) in [6, 6.07) is 1.58. The number of aromatic nitrogens is 4. The van der Waals surface area contributed by atoms with Crippen LogP contribution in [0.2, 0.25) is 0 Å². The Bertz CT molecular complexity index is 1300. The third-order valence-electron chi connectivity index (χ3n) is 6.74. The first kappa shape index (κ1) is 27.4. The van der Waals surface area contributed by atoms with Gasteiger partial charge < -0.3 is 19.9 Å². The highest BCUT2D eigenvalue weighted by Gasteiger charge is 2.43. The van der Waals surface area contributed by atoms with Crippen LogP contribution in [-0.4, -0.2) is 58.5 Å². The summed E-state index contributed by atoms with van der Waals surface area (Å²) in [5.41, 5.74) is 1.64. The third kappa shape index (κ3) is 5.17. The Morgan fingerprint density at radius 3 is 2.50 bits per heavy atom. The summed E-state index contributed by atoms with van der Waals surface area (Å²) in [7, 11) is 1.74. The topological polar surface area (TPSA) is 88.4 Å². The van der Waals surface area contributed by atoms with Gasteiger partial charge in [-0.1, -0.05) is 21.3 Å². The van der Waals surface area contributed by atoms with E-state index in [1.807, 2.05) is 6.92 Å².